The van der Waals surface area contributed by atoms with E-state index in [9.17, 15) is 4.79 Å². The molecule has 1 aliphatic carbocycles. The molecule has 0 bridgehead atoms. The van der Waals surface area contributed by atoms with Crippen LogP contribution in [0.15, 0.2) is 18.2 Å². The minimum absolute atomic E-state index is 0.0982. The Morgan fingerprint density at radius 3 is 2.61 bits per heavy atom. The number of carbonyl (C=O) groups is 1. The maximum Gasteiger partial charge on any atom is 0.306 e. The van der Waals surface area contributed by atoms with E-state index in [1.807, 2.05) is 0 Å². The Morgan fingerprint density at radius 1 is 1.39 bits per heavy atom. The Morgan fingerprint density at radius 2 is 2.09 bits per heavy atom. The number of carboxylic acid groups (broad SMARTS) is 1. The summed E-state index contributed by atoms with van der Waals surface area (Å²) in [5.74, 6) is 0.814. The lowest BCUT2D eigenvalue weighted by atomic mass is 9.83. The normalized spacial score (nSPS) is 21.8. The molecule has 128 valence electrons. The molecule has 3 heteroatoms. The lowest BCUT2D eigenvalue weighted by Gasteiger charge is -2.24. The molecule has 1 aromatic carbocycles. The highest BCUT2D eigenvalue weighted by Gasteiger charge is 2.43. The third kappa shape index (κ3) is 4.49. The van der Waals surface area contributed by atoms with Crippen molar-refractivity contribution < 1.29 is 14.6 Å². The second-order valence-electron chi connectivity index (χ2n) is 7.93. The second-order valence-corrected chi connectivity index (χ2v) is 7.93. The van der Waals surface area contributed by atoms with Gasteiger partial charge in [-0.2, -0.15) is 0 Å². The molecule has 0 radical (unpaired) electrons. The van der Waals surface area contributed by atoms with E-state index in [-0.39, 0.29) is 11.3 Å². The Hall–Kier alpha value is -1.51. The molecule has 0 spiro atoms. The number of carboxylic acids is 1. The molecule has 2 rings (SSSR count). The van der Waals surface area contributed by atoms with Crippen molar-refractivity contribution in [3.05, 3.63) is 29.3 Å². The van der Waals surface area contributed by atoms with Crippen LogP contribution in [-0.4, -0.2) is 17.7 Å². The van der Waals surface area contributed by atoms with E-state index < -0.39 is 5.97 Å². The number of rotatable bonds is 7. The van der Waals surface area contributed by atoms with Crippen LogP contribution in [-0.2, 0) is 10.2 Å². The predicted molar refractivity (Wildman–Crippen MR) is 93.2 cm³/mol. The van der Waals surface area contributed by atoms with E-state index >= 15 is 0 Å². The molecule has 3 unspecified atom stereocenters. The third-order valence-corrected chi connectivity index (χ3v) is 4.76. The Balaban J connectivity index is 2.20. The molecule has 3 nitrogen and oxygen atoms in total. The van der Waals surface area contributed by atoms with Crippen molar-refractivity contribution in [2.45, 2.75) is 65.2 Å². The standard InChI is InChI=1S/C20H30O3/c1-6-9-23-18-8-7-15(20(3,4)5)12-16(18)13(2)10-14-11-17(14)19(21)22/h7-8,12-14,17H,6,9-11H2,1-5H3,(H,21,22). The minimum atomic E-state index is -0.645. The van der Waals surface area contributed by atoms with E-state index in [2.05, 4.69) is 52.8 Å². The zero-order valence-electron chi connectivity index (χ0n) is 15.1. The minimum Gasteiger partial charge on any atom is -0.493 e. The van der Waals surface area contributed by atoms with Gasteiger partial charge in [0.05, 0.1) is 12.5 Å². The first kappa shape index (κ1) is 17.8. The summed E-state index contributed by atoms with van der Waals surface area (Å²) in [5.41, 5.74) is 2.62. The summed E-state index contributed by atoms with van der Waals surface area (Å²) in [6.07, 6.45) is 2.73. The van der Waals surface area contributed by atoms with E-state index in [0.717, 1.165) is 31.6 Å². The molecule has 0 amide bonds. The zero-order chi connectivity index (χ0) is 17.2. The highest BCUT2D eigenvalue weighted by atomic mass is 16.5. The van der Waals surface area contributed by atoms with Crippen molar-refractivity contribution in [3.8, 4) is 5.75 Å². The van der Waals surface area contributed by atoms with Gasteiger partial charge < -0.3 is 9.84 Å². The number of benzene rings is 1. The van der Waals surface area contributed by atoms with Gasteiger partial charge in [0.2, 0.25) is 0 Å². The largest absolute Gasteiger partial charge is 0.493 e. The smallest absolute Gasteiger partial charge is 0.306 e. The van der Waals surface area contributed by atoms with Gasteiger partial charge in [0.15, 0.2) is 0 Å². The number of hydrogen-bond acceptors (Lipinski definition) is 2. The summed E-state index contributed by atoms with van der Waals surface area (Å²) >= 11 is 0. The fourth-order valence-corrected chi connectivity index (χ4v) is 3.14. The van der Waals surface area contributed by atoms with E-state index in [1.165, 1.54) is 11.1 Å². The van der Waals surface area contributed by atoms with E-state index in [0.29, 0.717) is 11.8 Å². The van der Waals surface area contributed by atoms with Crippen LogP contribution >= 0.6 is 0 Å². The van der Waals surface area contributed by atoms with Crippen LogP contribution in [0.25, 0.3) is 0 Å². The predicted octanol–water partition coefficient (Wildman–Crippen LogP) is 4.99. The van der Waals surface area contributed by atoms with Gasteiger partial charge >= 0.3 is 5.97 Å². The van der Waals surface area contributed by atoms with Crippen molar-refractivity contribution in [1.29, 1.82) is 0 Å². The average Bonchev–Trinajstić information content (AvgIpc) is 3.23. The van der Waals surface area contributed by atoms with Gasteiger partial charge in [0, 0.05) is 0 Å². The number of ether oxygens (including phenoxy) is 1. The molecule has 1 fully saturated rings. The molecule has 1 saturated carbocycles. The van der Waals surface area contributed by atoms with Gasteiger partial charge in [-0.1, -0.05) is 46.8 Å². The number of hydrogen-bond donors (Lipinski definition) is 1. The average molecular weight is 318 g/mol. The molecule has 0 aliphatic heterocycles. The SMILES string of the molecule is CCCOc1ccc(C(C)(C)C)cc1C(C)CC1CC1C(=O)O. The van der Waals surface area contributed by atoms with Crippen LogP contribution in [0.2, 0.25) is 0 Å². The molecule has 0 heterocycles. The molecule has 1 N–H and O–H groups in total. The summed E-state index contributed by atoms with van der Waals surface area (Å²) in [6, 6.07) is 6.50. The van der Waals surface area contributed by atoms with Crippen molar-refractivity contribution in [3.63, 3.8) is 0 Å². The monoisotopic (exact) mass is 318 g/mol. The van der Waals surface area contributed by atoms with Gasteiger partial charge in [-0.15, -0.1) is 0 Å². The summed E-state index contributed by atoms with van der Waals surface area (Å²) in [7, 11) is 0. The Kier molecular flexibility index (Phi) is 5.38. The van der Waals surface area contributed by atoms with Crippen molar-refractivity contribution in [2.75, 3.05) is 6.61 Å². The van der Waals surface area contributed by atoms with Crippen molar-refractivity contribution in [2.24, 2.45) is 11.8 Å². The highest BCUT2D eigenvalue weighted by Crippen LogP contribution is 2.46. The Labute approximate surface area is 140 Å². The lowest BCUT2D eigenvalue weighted by Crippen LogP contribution is -2.13. The van der Waals surface area contributed by atoms with Gasteiger partial charge in [-0.3, -0.25) is 4.79 Å². The van der Waals surface area contributed by atoms with Crippen LogP contribution in [0, 0.1) is 11.8 Å². The molecule has 1 aliphatic rings. The summed E-state index contributed by atoms with van der Waals surface area (Å²) in [4.78, 5) is 11.1. The van der Waals surface area contributed by atoms with Crippen LogP contribution in [0.3, 0.4) is 0 Å². The summed E-state index contributed by atoms with van der Waals surface area (Å²) < 4.78 is 5.94. The summed E-state index contributed by atoms with van der Waals surface area (Å²) in [5, 5.41) is 9.10. The first-order valence-corrected chi connectivity index (χ1v) is 8.74. The molecule has 3 atom stereocenters. The molecule has 1 aromatic rings. The summed E-state index contributed by atoms with van der Waals surface area (Å²) in [6.45, 7) is 11.7. The highest BCUT2D eigenvalue weighted by molar-refractivity contribution is 5.73. The van der Waals surface area contributed by atoms with Gasteiger partial charge in [-0.25, -0.2) is 0 Å². The van der Waals surface area contributed by atoms with Gasteiger partial charge in [-0.05, 0) is 53.7 Å². The first-order chi connectivity index (χ1) is 10.7. The quantitative estimate of drug-likeness (QED) is 0.770. The topological polar surface area (TPSA) is 46.5 Å². The van der Waals surface area contributed by atoms with Crippen molar-refractivity contribution in [1.82, 2.24) is 0 Å². The number of aliphatic carboxylic acids is 1. The van der Waals surface area contributed by atoms with E-state index in [1.54, 1.807) is 0 Å². The molecular formula is C20H30O3. The van der Waals surface area contributed by atoms with Crippen LogP contribution in [0.1, 0.15) is 70.9 Å². The van der Waals surface area contributed by atoms with Gasteiger partial charge in [0.25, 0.3) is 0 Å². The van der Waals surface area contributed by atoms with Gasteiger partial charge in [0.1, 0.15) is 5.75 Å². The molecule has 0 saturated heterocycles. The van der Waals surface area contributed by atoms with Crippen molar-refractivity contribution >= 4 is 5.97 Å². The van der Waals surface area contributed by atoms with Crippen LogP contribution in [0.5, 0.6) is 5.75 Å². The van der Waals surface area contributed by atoms with E-state index in [4.69, 9.17) is 9.84 Å². The molecule has 0 aromatic heterocycles. The third-order valence-electron chi connectivity index (χ3n) is 4.76. The van der Waals surface area contributed by atoms with Crippen LogP contribution < -0.4 is 4.74 Å². The first-order valence-electron chi connectivity index (χ1n) is 8.74. The maximum atomic E-state index is 11.1. The fourth-order valence-electron chi connectivity index (χ4n) is 3.14. The Bertz CT molecular complexity index is 556. The maximum absolute atomic E-state index is 11.1. The second kappa shape index (κ2) is 6.94. The zero-order valence-corrected chi connectivity index (χ0v) is 15.1. The molecule has 23 heavy (non-hydrogen) atoms. The lowest BCUT2D eigenvalue weighted by molar-refractivity contribution is -0.138. The fraction of sp³-hybridized carbons (Fsp3) is 0.650. The van der Waals surface area contributed by atoms with Crippen LogP contribution in [0.4, 0.5) is 0 Å². The molecular weight excluding hydrogens is 288 g/mol.